The van der Waals surface area contributed by atoms with E-state index >= 15 is 0 Å². The molecule has 0 fully saturated rings. The van der Waals surface area contributed by atoms with E-state index in [1.165, 1.54) is 0 Å². The molecular formula is C19H18N2O2S. The molecule has 0 bridgehead atoms. The highest BCUT2D eigenvalue weighted by Crippen LogP contribution is 2.29. The van der Waals surface area contributed by atoms with Gasteiger partial charge < -0.3 is 10.1 Å². The first-order chi connectivity index (χ1) is 11.7. The maximum atomic E-state index is 12.2. The summed E-state index contributed by atoms with van der Waals surface area (Å²) in [5, 5.41) is 5.94. The van der Waals surface area contributed by atoms with Crippen LogP contribution in [-0.4, -0.2) is 10.9 Å². The van der Waals surface area contributed by atoms with E-state index in [1.807, 2.05) is 66.9 Å². The highest BCUT2D eigenvalue weighted by Gasteiger charge is 2.09. The lowest BCUT2D eigenvalue weighted by Crippen LogP contribution is -2.13. The van der Waals surface area contributed by atoms with Crippen molar-refractivity contribution in [1.82, 2.24) is 4.98 Å². The monoisotopic (exact) mass is 338 g/mol. The smallest absolute Gasteiger partial charge is 0.224 e. The number of aryl methyl sites for hydroxylation is 2. The Morgan fingerprint density at radius 2 is 1.88 bits per heavy atom. The number of ether oxygens (including phenoxy) is 1. The van der Waals surface area contributed by atoms with Crippen molar-refractivity contribution < 1.29 is 9.53 Å². The van der Waals surface area contributed by atoms with Crippen LogP contribution in [0, 0.1) is 6.92 Å². The zero-order chi connectivity index (χ0) is 16.8. The van der Waals surface area contributed by atoms with Gasteiger partial charge in [-0.2, -0.15) is 0 Å². The number of anilines is 1. The van der Waals surface area contributed by atoms with Gasteiger partial charge in [0.25, 0.3) is 0 Å². The van der Waals surface area contributed by atoms with E-state index in [1.54, 1.807) is 11.3 Å². The molecule has 122 valence electrons. The Hall–Kier alpha value is -2.66. The molecule has 0 aliphatic rings. The standard InChI is InChI=1S/C19H18N2O2S/c1-14-20-15(13-24-14)11-12-19(22)21-17-9-5-6-10-18(17)23-16-7-3-2-4-8-16/h2-10,13H,11-12H2,1H3,(H,21,22). The second kappa shape index (κ2) is 7.75. The summed E-state index contributed by atoms with van der Waals surface area (Å²) in [4.78, 5) is 16.6. The van der Waals surface area contributed by atoms with Crippen molar-refractivity contribution in [2.45, 2.75) is 19.8 Å². The molecule has 5 heteroatoms. The summed E-state index contributed by atoms with van der Waals surface area (Å²) >= 11 is 1.60. The van der Waals surface area contributed by atoms with Crippen molar-refractivity contribution in [1.29, 1.82) is 0 Å². The molecule has 0 atom stereocenters. The van der Waals surface area contributed by atoms with Gasteiger partial charge in [0, 0.05) is 11.8 Å². The number of carbonyl (C=O) groups is 1. The van der Waals surface area contributed by atoms with Crippen molar-refractivity contribution in [3.05, 3.63) is 70.7 Å². The molecule has 1 N–H and O–H groups in total. The van der Waals surface area contributed by atoms with Crippen molar-refractivity contribution in [2.24, 2.45) is 0 Å². The van der Waals surface area contributed by atoms with Gasteiger partial charge in [-0.05, 0) is 37.6 Å². The molecule has 24 heavy (non-hydrogen) atoms. The van der Waals surface area contributed by atoms with Crippen LogP contribution < -0.4 is 10.1 Å². The second-order valence-corrected chi connectivity index (χ2v) is 6.38. The van der Waals surface area contributed by atoms with Gasteiger partial charge in [0.2, 0.25) is 5.91 Å². The number of benzene rings is 2. The molecule has 1 aromatic heterocycles. The minimum absolute atomic E-state index is 0.0511. The average Bonchev–Trinajstić information content (AvgIpc) is 3.01. The van der Waals surface area contributed by atoms with E-state index in [-0.39, 0.29) is 5.91 Å². The van der Waals surface area contributed by atoms with Crippen LogP contribution in [0.5, 0.6) is 11.5 Å². The largest absolute Gasteiger partial charge is 0.455 e. The minimum atomic E-state index is -0.0511. The lowest BCUT2D eigenvalue weighted by molar-refractivity contribution is -0.116. The van der Waals surface area contributed by atoms with E-state index in [4.69, 9.17) is 4.74 Å². The van der Waals surface area contributed by atoms with Crippen LogP contribution in [0.3, 0.4) is 0 Å². The van der Waals surface area contributed by atoms with E-state index in [9.17, 15) is 4.79 Å². The van der Waals surface area contributed by atoms with Crippen molar-refractivity contribution in [3.63, 3.8) is 0 Å². The zero-order valence-electron chi connectivity index (χ0n) is 13.4. The summed E-state index contributed by atoms with van der Waals surface area (Å²) in [6, 6.07) is 16.9. The molecule has 0 unspecified atom stereocenters. The molecule has 1 heterocycles. The molecule has 0 saturated heterocycles. The average molecular weight is 338 g/mol. The Labute approximate surface area is 145 Å². The third kappa shape index (κ3) is 4.43. The third-order valence-electron chi connectivity index (χ3n) is 3.41. The molecule has 0 radical (unpaired) electrons. The summed E-state index contributed by atoms with van der Waals surface area (Å²) in [5.41, 5.74) is 1.63. The fraction of sp³-hybridized carbons (Fsp3) is 0.158. The molecular weight excluding hydrogens is 320 g/mol. The molecule has 3 aromatic rings. The maximum absolute atomic E-state index is 12.2. The SMILES string of the molecule is Cc1nc(CCC(=O)Nc2ccccc2Oc2ccccc2)cs1. The molecule has 0 spiro atoms. The normalized spacial score (nSPS) is 10.4. The molecule has 0 aliphatic carbocycles. The lowest BCUT2D eigenvalue weighted by Gasteiger charge is -2.12. The molecule has 2 aromatic carbocycles. The number of thiazole rings is 1. The van der Waals surface area contributed by atoms with Gasteiger partial charge in [-0.3, -0.25) is 4.79 Å². The summed E-state index contributed by atoms with van der Waals surface area (Å²) < 4.78 is 5.85. The van der Waals surface area contributed by atoms with Gasteiger partial charge in [-0.25, -0.2) is 4.98 Å². The van der Waals surface area contributed by atoms with Crippen LogP contribution in [-0.2, 0) is 11.2 Å². The summed E-state index contributed by atoms with van der Waals surface area (Å²) in [5.74, 6) is 1.31. The zero-order valence-corrected chi connectivity index (χ0v) is 14.2. The highest BCUT2D eigenvalue weighted by molar-refractivity contribution is 7.09. The Morgan fingerprint density at radius 3 is 2.62 bits per heavy atom. The number of amides is 1. The van der Waals surface area contributed by atoms with Crippen LogP contribution in [0.15, 0.2) is 60.0 Å². The van der Waals surface area contributed by atoms with Crippen LogP contribution in [0.2, 0.25) is 0 Å². The van der Waals surface area contributed by atoms with Crippen LogP contribution in [0.4, 0.5) is 5.69 Å². The van der Waals surface area contributed by atoms with E-state index in [0.29, 0.717) is 24.3 Å². The van der Waals surface area contributed by atoms with E-state index < -0.39 is 0 Å². The maximum Gasteiger partial charge on any atom is 0.224 e. The Balaban J connectivity index is 1.63. The number of hydrogen-bond acceptors (Lipinski definition) is 4. The number of rotatable bonds is 6. The number of para-hydroxylation sites is 3. The van der Waals surface area contributed by atoms with Gasteiger partial charge in [0.1, 0.15) is 5.75 Å². The molecule has 1 amide bonds. The van der Waals surface area contributed by atoms with Gasteiger partial charge in [0.05, 0.1) is 16.4 Å². The fourth-order valence-electron chi connectivity index (χ4n) is 2.25. The predicted octanol–water partition coefficient (Wildman–Crippen LogP) is 4.82. The molecule has 0 aliphatic heterocycles. The number of nitrogens with one attached hydrogen (secondary N) is 1. The summed E-state index contributed by atoms with van der Waals surface area (Å²) in [7, 11) is 0. The Bertz CT molecular complexity index is 815. The van der Waals surface area contributed by atoms with E-state index in [0.717, 1.165) is 16.5 Å². The number of hydrogen-bond donors (Lipinski definition) is 1. The van der Waals surface area contributed by atoms with E-state index in [2.05, 4.69) is 10.3 Å². The van der Waals surface area contributed by atoms with Crippen LogP contribution >= 0.6 is 11.3 Å². The van der Waals surface area contributed by atoms with Crippen molar-refractivity contribution in [3.8, 4) is 11.5 Å². The van der Waals surface area contributed by atoms with Gasteiger partial charge in [0.15, 0.2) is 5.75 Å². The van der Waals surface area contributed by atoms with Crippen LogP contribution in [0.25, 0.3) is 0 Å². The molecule has 4 nitrogen and oxygen atoms in total. The molecule has 3 rings (SSSR count). The first-order valence-electron chi connectivity index (χ1n) is 7.73. The lowest BCUT2D eigenvalue weighted by atomic mass is 10.2. The highest BCUT2D eigenvalue weighted by atomic mass is 32.1. The van der Waals surface area contributed by atoms with Crippen LogP contribution in [0.1, 0.15) is 17.1 Å². The number of aromatic nitrogens is 1. The Kier molecular flexibility index (Phi) is 5.23. The fourth-order valence-corrected chi connectivity index (χ4v) is 2.90. The number of carbonyl (C=O) groups excluding carboxylic acids is 1. The third-order valence-corrected chi connectivity index (χ3v) is 4.23. The minimum Gasteiger partial charge on any atom is -0.455 e. The predicted molar refractivity (Wildman–Crippen MR) is 96.8 cm³/mol. The summed E-state index contributed by atoms with van der Waals surface area (Å²) in [6.07, 6.45) is 1.03. The quantitative estimate of drug-likeness (QED) is 0.701. The first-order valence-corrected chi connectivity index (χ1v) is 8.61. The molecule has 0 saturated carbocycles. The summed E-state index contributed by atoms with van der Waals surface area (Å²) in [6.45, 7) is 1.96. The topological polar surface area (TPSA) is 51.2 Å². The first kappa shape index (κ1) is 16.2. The second-order valence-electron chi connectivity index (χ2n) is 5.32. The van der Waals surface area contributed by atoms with Crippen molar-refractivity contribution in [2.75, 3.05) is 5.32 Å². The number of nitrogens with zero attached hydrogens (tertiary/aromatic N) is 1. The van der Waals surface area contributed by atoms with Gasteiger partial charge in [-0.15, -0.1) is 11.3 Å². The Morgan fingerprint density at radius 1 is 1.12 bits per heavy atom. The van der Waals surface area contributed by atoms with Gasteiger partial charge >= 0.3 is 0 Å². The van der Waals surface area contributed by atoms with Crippen molar-refractivity contribution >= 4 is 22.9 Å². The van der Waals surface area contributed by atoms with Gasteiger partial charge in [-0.1, -0.05) is 30.3 Å².